The average Bonchev–Trinajstić information content (AvgIpc) is 3.17. The summed E-state index contributed by atoms with van der Waals surface area (Å²) in [5.41, 5.74) is 0.430. The summed E-state index contributed by atoms with van der Waals surface area (Å²) in [5, 5.41) is 3.10. The van der Waals surface area contributed by atoms with Crippen LogP contribution in [0, 0.1) is 5.41 Å². The van der Waals surface area contributed by atoms with Crippen molar-refractivity contribution in [2.75, 3.05) is 7.11 Å². The van der Waals surface area contributed by atoms with Gasteiger partial charge in [-0.2, -0.15) is 0 Å². The van der Waals surface area contributed by atoms with E-state index < -0.39 is 11.0 Å². The molecule has 114 valence electrons. The van der Waals surface area contributed by atoms with E-state index in [1.807, 2.05) is 32.9 Å². The number of rotatable bonds is 3. The van der Waals surface area contributed by atoms with Gasteiger partial charge in [-0.3, -0.25) is 4.79 Å². The third-order valence-electron chi connectivity index (χ3n) is 3.69. The Labute approximate surface area is 133 Å². The molecule has 5 heteroatoms. The first-order chi connectivity index (χ1) is 9.69. The highest BCUT2D eigenvalue weighted by Crippen LogP contribution is 2.48. The van der Waals surface area contributed by atoms with Crippen LogP contribution in [0.2, 0.25) is 0 Å². The fourth-order valence-corrected chi connectivity index (χ4v) is 2.57. The zero-order valence-electron chi connectivity index (χ0n) is 12.7. The largest absolute Gasteiger partial charge is 0.465 e. The van der Waals surface area contributed by atoms with Crippen LogP contribution in [0.15, 0.2) is 22.7 Å². The molecule has 1 aromatic carbocycles. The van der Waals surface area contributed by atoms with Crippen LogP contribution in [0.5, 0.6) is 0 Å². The van der Waals surface area contributed by atoms with Crippen LogP contribution in [-0.4, -0.2) is 19.0 Å². The van der Waals surface area contributed by atoms with Gasteiger partial charge in [-0.1, -0.05) is 42.8 Å². The van der Waals surface area contributed by atoms with Crippen molar-refractivity contribution in [3.8, 4) is 0 Å². The van der Waals surface area contributed by atoms with E-state index in [1.165, 1.54) is 7.11 Å². The summed E-state index contributed by atoms with van der Waals surface area (Å²) in [4.78, 5) is 24.3. The highest BCUT2D eigenvalue weighted by molar-refractivity contribution is 9.10. The Hall–Kier alpha value is -1.36. The minimum absolute atomic E-state index is 0.0151. The van der Waals surface area contributed by atoms with Gasteiger partial charge in [0.25, 0.3) is 0 Å². The first kappa shape index (κ1) is 16.0. The summed E-state index contributed by atoms with van der Waals surface area (Å²) in [6, 6.07) is 5.50. The molecular weight excluding hydrogens is 334 g/mol. The molecule has 4 nitrogen and oxygen atoms in total. The predicted molar refractivity (Wildman–Crippen MR) is 84.0 cm³/mol. The average molecular weight is 354 g/mol. The molecule has 1 N–H and O–H groups in total. The molecule has 2 rings (SSSR count). The molecule has 0 saturated heterocycles. The second kappa shape index (κ2) is 5.44. The van der Waals surface area contributed by atoms with Gasteiger partial charge in [0.15, 0.2) is 0 Å². The summed E-state index contributed by atoms with van der Waals surface area (Å²) >= 11 is 3.37. The quantitative estimate of drug-likeness (QED) is 0.847. The van der Waals surface area contributed by atoms with Gasteiger partial charge >= 0.3 is 5.97 Å². The highest BCUT2D eigenvalue weighted by atomic mass is 79.9. The van der Waals surface area contributed by atoms with Crippen molar-refractivity contribution < 1.29 is 14.3 Å². The molecule has 0 heterocycles. The zero-order valence-corrected chi connectivity index (χ0v) is 14.3. The summed E-state index contributed by atoms with van der Waals surface area (Å²) in [6.45, 7) is 5.63. The second-order valence-electron chi connectivity index (χ2n) is 6.47. The molecule has 0 unspecified atom stereocenters. The fraction of sp³-hybridized carbons (Fsp3) is 0.500. The van der Waals surface area contributed by atoms with Crippen LogP contribution >= 0.6 is 15.9 Å². The predicted octanol–water partition coefficient (Wildman–Crippen LogP) is 3.39. The Morgan fingerprint density at radius 2 is 1.90 bits per heavy atom. The van der Waals surface area contributed by atoms with Crippen LogP contribution in [0.3, 0.4) is 0 Å². The van der Waals surface area contributed by atoms with Gasteiger partial charge in [0, 0.05) is 9.89 Å². The minimum atomic E-state index is -0.462. The van der Waals surface area contributed by atoms with Crippen molar-refractivity contribution in [1.82, 2.24) is 5.32 Å². The molecule has 0 atom stereocenters. The third kappa shape index (κ3) is 3.28. The maximum atomic E-state index is 12.3. The number of nitrogens with one attached hydrogen (secondary N) is 1. The number of methoxy groups -OCH3 is 1. The SMILES string of the molecule is COC(=O)c1cc(Br)ccc1C1(NC(=O)C(C)(C)C)CC1. The molecule has 0 spiro atoms. The van der Waals surface area contributed by atoms with Crippen molar-refractivity contribution in [3.63, 3.8) is 0 Å². The highest BCUT2D eigenvalue weighted by Gasteiger charge is 2.48. The Morgan fingerprint density at radius 3 is 2.38 bits per heavy atom. The number of ether oxygens (including phenoxy) is 1. The number of halogens is 1. The van der Waals surface area contributed by atoms with Gasteiger partial charge in [-0.05, 0) is 30.5 Å². The first-order valence-corrected chi connectivity index (χ1v) is 7.70. The number of hydrogen-bond donors (Lipinski definition) is 1. The maximum absolute atomic E-state index is 12.3. The van der Waals surface area contributed by atoms with Gasteiger partial charge in [-0.15, -0.1) is 0 Å². The Kier molecular flexibility index (Phi) is 4.15. The molecule has 1 amide bonds. The van der Waals surface area contributed by atoms with E-state index in [0.717, 1.165) is 22.9 Å². The summed E-state index contributed by atoms with van der Waals surface area (Å²) in [5.74, 6) is -0.402. The van der Waals surface area contributed by atoms with Crippen LogP contribution < -0.4 is 5.32 Å². The number of benzene rings is 1. The number of amides is 1. The van der Waals surface area contributed by atoms with Crippen molar-refractivity contribution in [3.05, 3.63) is 33.8 Å². The Morgan fingerprint density at radius 1 is 1.29 bits per heavy atom. The molecule has 0 aromatic heterocycles. The zero-order chi connectivity index (χ0) is 15.8. The smallest absolute Gasteiger partial charge is 0.338 e. The van der Waals surface area contributed by atoms with Gasteiger partial charge in [0.05, 0.1) is 18.2 Å². The lowest BCUT2D eigenvalue weighted by Crippen LogP contribution is -2.42. The number of carbonyl (C=O) groups excluding carboxylic acids is 2. The van der Waals surface area contributed by atoms with Crippen LogP contribution in [0.4, 0.5) is 0 Å². The molecular formula is C16H20BrNO3. The van der Waals surface area contributed by atoms with E-state index >= 15 is 0 Å². The molecule has 1 fully saturated rings. The number of esters is 1. The van der Waals surface area contributed by atoms with E-state index in [9.17, 15) is 9.59 Å². The molecule has 1 aromatic rings. The lowest BCUT2D eigenvalue weighted by Gasteiger charge is -2.25. The number of hydrogen-bond acceptors (Lipinski definition) is 3. The van der Waals surface area contributed by atoms with E-state index in [0.29, 0.717) is 5.56 Å². The topological polar surface area (TPSA) is 55.4 Å². The lowest BCUT2D eigenvalue weighted by atomic mass is 9.92. The van der Waals surface area contributed by atoms with Crippen molar-refractivity contribution in [2.24, 2.45) is 5.41 Å². The molecule has 1 aliphatic carbocycles. The first-order valence-electron chi connectivity index (χ1n) is 6.90. The van der Waals surface area contributed by atoms with Crippen LogP contribution in [-0.2, 0) is 15.1 Å². The molecule has 1 saturated carbocycles. The molecule has 1 aliphatic rings. The summed E-state index contributed by atoms with van der Waals surface area (Å²) < 4.78 is 5.66. The molecule has 0 bridgehead atoms. The molecule has 0 radical (unpaired) electrons. The Balaban J connectivity index is 2.37. The van der Waals surface area contributed by atoms with Gasteiger partial charge in [0.1, 0.15) is 0 Å². The van der Waals surface area contributed by atoms with E-state index in [1.54, 1.807) is 6.07 Å². The van der Waals surface area contributed by atoms with Crippen LogP contribution in [0.1, 0.15) is 49.5 Å². The Bertz CT molecular complexity index is 586. The third-order valence-corrected chi connectivity index (χ3v) is 4.18. The van der Waals surface area contributed by atoms with Gasteiger partial charge < -0.3 is 10.1 Å². The second-order valence-corrected chi connectivity index (χ2v) is 7.38. The van der Waals surface area contributed by atoms with E-state index in [4.69, 9.17) is 4.74 Å². The summed E-state index contributed by atoms with van der Waals surface area (Å²) in [7, 11) is 1.36. The van der Waals surface area contributed by atoms with E-state index in [2.05, 4.69) is 21.2 Å². The van der Waals surface area contributed by atoms with Gasteiger partial charge in [-0.25, -0.2) is 4.79 Å². The van der Waals surface area contributed by atoms with Crippen molar-refractivity contribution in [2.45, 2.75) is 39.2 Å². The van der Waals surface area contributed by atoms with Gasteiger partial charge in [0.2, 0.25) is 5.91 Å². The van der Waals surface area contributed by atoms with Crippen molar-refractivity contribution in [1.29, 1.82) is 0 Å². The monoisotopic (exact) mass is 353 g/mol. The lowest BCUT2D eigenvalue weighted by molar-refractivity contribution is -0.129. The molecule has 0 aliphatic heterocycles. The standard InChI is InChI=1S/C16H20BrNO3/c1-15(2,3)14(20)18-16(7-8-16)12-6-5-10(17)9-11(12)13(19)21-4/h5-6,9H,7-8H2,1-4H3,(H,18,20). The number of carbonyl (C=O) groups is 2. The summed E-state index contributed by atoms with van der Waals surface area (Å²) in [6.07, 6.45) is 1.67. The molecule has 21 heavy (non-hydrogen) atoms. The van der Waals surface area contributed by atoms with Crippen LogP contribution in [0.25, 0.3) is 0 Å². The van der Waals surface area contributed by atoms with Crippen molar-refractivity contribution >= 4 is 27.8 Å². The normalized spacial score (nSPS) is 16.2. The maximum Gasteiger partial charge on any atom is 0.338 e. The minimum Gasteiger partial charge on any atom is -0.465 e. The van der Waals surface area contributed by atoms with E-state index in [-0.39, 0.29) is 11.9 Å². The fourth-order valence-electron chi connectivity index (χ4n) is 2.20.